The number of rotatable bonds is 21. The molecule has 0 bridgehead atoms. The summed E-state index contributed by atoms with van der Waals surface area (Å²) in [5, 5.41) is 3.14. The SMILES string of the molecule is CCCCCCCCCCCCOC(=O)c1ccc(Cl)c(NC(=O)C(C(=O)c2nsc3ccccc23)N2C(=O)C(OCC)N(Cc3ccccc3)C2=O)c1. The van der Waals surface area contributed by atoms with E-state index >= 15 is 0 Å². The highest BCUT2D eigenvalue weighted by Crippen LogP contribution is 2.30. The quantitative estimate of drug-likeness (QED) is 0.0291. The Balaban J connectivity index is 1.32. The molecule has 4 aromatic rings. The number of nitrogens with zero attached hydrogens (tertiary/aromatic N) is 3. The number of benzene rings is 3. The molecule has 2 heterocycles. The highest BCUT2D eigenvalue weighted by molar-refractivity contribution is 7.13. The smallest absolute Gasteiger partial charge is 0.338 e. The molecule has 54 heavy (non-hydrogen) atoms. The summed E-state index contributed by atoms with van der Waals surface area (Å²) in [5.74, 6) is -3.36. The second-order valence-electron chi connectivity index (χ2n) is 13.2. The first kappa shape index (κ1) is 40.5. The number of Topliss-reactive ketones (excluding diaryl/α,β-unsaturated/α-hetero) is 1. The van der Waals surface area contributed by atoms with Gasteiger partial charge in [-0.3, -0.25) is 19.3 Å². The lowest BCUT2D eigenvalue weighted by Gasteiger charge is -2.24. The summed E-state index contributed by atoms with van der Waals surface area (Å²) < 4.78 is 16.2. The van der Waals surface area contributed by atoms with E-state index in [-0.39, 0.29) is 41.7 Å². The summed E-state index contributed by atoms with van der Waals surface area (Å²) in [7, 11) is 0. The first-order chi connectivity index (χ1) is 26.2. The molecule has 13 heteroatoms. The number of hydrogen-bond donors (Lipinski definition) is 1. The second kappa shape index (κ2) is 20.1. The molecular formula is C41H47ClN4O7S. The molecule has 0 radical (unpaired) electrons. The Kier molecular flexibility index (Phi) is 15.1. The molecule has 5 rings (SSSR count). The van der Waals surface area contributed by atoms with E-state index in [0.717, 1.165) is 37.2 Å². The molecular weight excluding hydrogens is 728 g/mol. The van der Waals surface area contributed by atoms with Gasteiger partial charge in [0, 0.05) is 12.0 Å². The average molecular weight is 775 g/mol. The zero-order valence-electron chi connectivity index (χ0n) is 30.8. The average Bonchev–Trinajstić information content (AvgIpc) is 3.70. The fourth-order valence-corrected chi connectivity index (χ4v) is 7.35. The number of carbonyl (C=O) groups excluding carboxylic acids is 5. The molecule has 2 unspecified atom stereocenters. The Bertz CT molecular complexity index is 1920. The third kappa shape index (κ3) is 10.1. The van der Waals surface area contributed by atoms with E-state index in [1.54, 1.807) is 55.5 Å². The van der Waals surface area contributed by atoms with Crippen molar-refractivity contribution in [3.05, 3.63) is 94.6 Å². The van der Waals surface area contributed by atoms with Crippen molar-refractivity contribution in [2.24, 2.45) is 0 Å². The number of amides is 4. The maximum atomic E-state index is 14.4. The molecule has 11 nitrogen and oxygen atoms in total. The highest BCUT2D eigenvalue weighted by Gasteiger charge is 2.53. The summed E-state index contributed by atoms with van der Waals surface area (Å²) in [6.45, 7) is 4.21. The van der Waals surface area contributed by atoms with Crippen LogP contribution in [0.1, 0.15) is 104 Å². The highest BCUT2D eigenvalue weighted by atomic mass is 35.5. The summed E-state index contributed by atoms with van der Waals surface area (Å²) in [6.07, 6.45) is 10.1. The van der Waals surface area contributed by atoms with Crippen molar-refractivity contribution < 1.29 is 33.4 Å². The number of carbonyl (C=O) groups is 5. The lowest BCUT2D eigenvalue weighted by Crippen LogP contribution is -2.52. The Morgan fingerprint density at radius 3 is 2.24 bits per heavy atom. The number of imide groups is 1. The van der Waals surface area contributed by atoms with Crippen molar-refractivity contribution in [1.29, 1.82) is 0 Å². The largest absolute Gasteiger partial charge is 0.462 e. The number of fused-ring (bicyclic) bond motifs is 1. The van der Waals surface area contributed by atoms with E-state index in [9.17, 15) is 24.0 Å². The number of halogens is 1. The van der Waals surface area contributed by atoms with Gasteiger partial charge in [-0.15, -0.1) is 0 Å². The van der Waals surface area contributed by atoms with Crippen LogP contribution in [0.5, 0.6) is 0 Å². The van der Waals surface area contributed by atoms with Crippen molar-refractivity contribution in [2.75, 3.05) is 18.5 Å². The number of hydrogen-bond acceptors (Lipinski definition) is 9. The van der Waals surface area contributed by atoms with Gasteiger partial charge in [-0.05, 0) is 54.7 Å². The summed E-state index contributed by atoms with van der Waals surface area (Å²) in [4.78, 5) is 71.6. The van der Waals surface area contributed by atoms with E-state index < -0.39 is 41.9 Å². The van der Waals surface area contributed by atoms with Gasteiger partial charge in [0.1, 0.15) is 5.69 Å². The minimum absolute atomic E-state index is 0.00224. The molecule has 286 valence electrons. The van der Waals surface area contributed by atoms with E-state index in [0.29, 0.717) is 20.5 Å². The van der Waals surface area contributed by atoms with Gasteiger partial charge >= 0.3 is 12.0 Å². The number of ether oxygens (including phenoxy) is 2. The standard InChI is InChI=1S/C41H47ClN4O7S/c1-3-5-6-7-8-9-10-11-12-18-25-53-40(50)29-23-24-31(42)32(26-29)43-37(48)35(36(47)34-30-21-16-17-22-33(30)54-44-34)46-38(49)39(52-4-2)45(41(46)51)27-28-19-14-13-15-20-28/h13-17,19-24,26,35,39H,3-12,18,25,27H2,1-2H3,(H,43,48). The van der Waals surface area contributed by atoms with Crippen molar-refractivity contribution >= 4 is 68.5 Å². The molecule has 2 atom stereocenters. The predicted molar refractivity (Wildman–Crippen MR) is 210 cm³/mol. The minimum Gasteiger partial charge on any atom is -0.462 e. The van der Waals surface area contributed by atoms with Crippen molar-refractivity contribution in [1.82, 2.24) is 14.2 Å². The molecule has 1 fully saturated rings. The van der Waals surface area contributed by atoms with Crippen LogP contribution in [-0.4, -0.2) is 69.3 Å². The normalized spacial score (nSPS) is 14.8. The monoisotopic (exact) mass is 774 g/mol. The van der Waals surface area contributed by atoms with Gasteiger partial charge in [0.15, 0.2) is 6.04 Å². The predicted octanol–water partition coefficient (Wildman–Crippen LogP) is 9.04. The summed E-state index contributed by atoms with van der Waals surface area (Å²) >= 11 is 7.54. The first-order valence-corrected chi connectivity index (χ1v) is 19.9. The van der Waals surface area contributed by atoms with Gasteiger partial charge in [-0.25, -0.2) is 14.5 Å². The van der Waals surface area contributed by atoms with E-state index in [4.69, 9.17) is 21.1 Å². The van der Waals surface area contributed by atoms with Crippen LogP contribution in [-0.2, 0) is 25.6 Å². The van der Waals surface area contributed by atoms with Crippen LogP contribution in [0.25, 0.3) is 10.1 Å². The van der Waals surface area contributed by atoms with Crippen LogP contribution >= 0.6 is 23.1 Å². The van der Waals surface area contributed by atoms with Crippen LogP contribution in [0.2, 0.25) is 5.02 Å². The Morgan fingerprint density at radius 1 is 0.870 bits per heavy atom. The van der Waals surface area contributed by atoms with Crippen molar-refractivity contribution in [3.8, 4) is 0 Å². The van der Waals surface area contributed by atoms with Crippen LogP contribution in [0.4, 0.5) is 10.5 Å². The molecule has 1 saturated heterocycles. The lowest BCUT2D eigenvalue weighted by molar-refractivity contribution is -0.144. The molecule has 0 spiro atoms. The topological polar surface area (TPSA) is 135 Å². The van der Waals surface area contributed by atoms with Crippen LogP contribution in [0.3, 0.4) is 0 Å². The molecule has 4 amide bonds. The fraction of sp³-hybridized carbons (Fsp3) is 0.415. The van der Waals surface area contributed by atoms with Gasteiger partial charge < -0.3 is 14.8 Å². The Hall–Kier alpha value is -4.65. The van der Waals surface area contributed by atoms with Crippen LogP contribution in [0.15, 0.2) is 72.8 Å². The molecule has 0 aliphatic carbocycles. The lowest BCUT2D eigenvalue weighted by atomic mass is 10.0. The van der Waals surface area contributed by atoms with E-state index in [2.05, 4.69) is 16.6 Å². The third-order valence-corrected chi connectivity index (χ3v) is 10.4. The number of urea groups is 1. The van der Waals surface area contributed by atoms with Crippen molar-refractivity contribution in [3.63, 3.8) is 0 Å². The number of anilines is 1. The Labute approximate surface area is 325 Å². The van der Waals surface area contributed by atoms with Gasteiger partial charge in [0.25, 0.3) is 11.8 Å². The second-order valence-corrected chi connectivity index (χ2v) is 14.4. The van der Waals surface area contributed by atoms with Gasteiger partial charge in [0.05, 0.1) is 34.1 Å². The van der Waals surface area contributed by atoms with Crippen LogP contribution < -0.4 is 5.32 Å². The number of aromatic nitrogens is 1. The van der Waals surface area contributed by atoms with E-state index in [1.165, 1.54) is 61.6 Å². The van der Waals surface area contributed by atoms with E-state index in [1.807, 2.05) is 6.07 Å². The van der Waals surface area contributed by atoms with Gasteiger partial charge in [-0.2, -0.15) is 4.37 Å². The third-order valence-electron chi connectivity index (χ3n) is 9.26. The zero-order chi connectivity index (χ0) is 38.5. The molecule has 1 aliphatic rings. The maximum absolute atomic E-state index is 14.4. The van der Waals surface area contributed by atoms with Crippen molar-refractivity contribution in [2.45, 2.75) is 96.9 Å². The summed E-state index contributed by atoms with van der Waals surface area (Å²) in [5.41, 5.74) is 0.777. The Morgan fingerprint density at radius 2 is 1.54 bits per heavy atom. The maximum Gasteiger partial charge on any atom is 0.338 e. The zero-order valence-corrected chi connectivity index (χ0v) is 32.3. The molecule has 1 aliphatic heterocycles. The van der Waals surface area contributed by atoms with Crippen LogP contribution in [0, 0.1) is 0 Å². The number of unbranched alkanes of at least 4 members (excludes halogenated alkanes) is 9. The number of ketones is 1. The van der Waals surface area contributed by atoms with Gasteiger partial charge in [0.2, 0.25) is 12.0 Å². The van der Waals surface area contributed by atoms with Gasteiger partial charge in [-0.1, -0.05) is 125 Å². The minimum atomic E-state index is -1.98. The first-order valence-electron chi connectivity index (χ1n) is 18.7. The molecule has 1 N–H and O–H groups in total. The fourth-order valence-electron chi connectivity index (χ4n) is 6.41. The number of esters is 1. The summed E-state index contributed by atoms with van der Waals surface area (Å²) in [6, 6.07) is 17.3. The molecule has 1 aromatic heterocycles. The number of nitrogens with one attached hydrogen (secondary N) is 1. The molecule has 0 saturated carbocycles. The molecule has 3 aromatic carbocycles.